The molecule has 1 atom stereocenters. The predicted octanol–water partition coefficient (Wildman–Crippen LogP) is 3.13. The van der Waals surface area contributed by atoms with E-state index in [0.717, 1.165) is 28.9 Å². The Balaban J connectivity index is 1.91. The standard InChI is InChI=1S/C19H25N3O3/c1-5-12(2)19(24)21-16-8-6-7-15(9-16)11-20-18(23)10-17-13(3)22-25-14(17)4/h6-9,12H,5,10-11H2,1-4H3,(H,20,23)(H,21,24)/t12-/m1/s1. The van der Waals surface area contributed by atoms with E-state index < -0.39 is 0 Å². The number of aromatic nitrogens is 1. The molecule has 1 heterocycles. The zero-order chi connectivity index (χ0) is 18.4. The molecule has 0 bridgehead atoms. The van der Waals surface area contributed by atoms with Crippen molar-refractivity contribution in [2.75, 3.05) is 5.32 Å². The average molecular weight is 343 g/mol. The summed E-state index contributed by atoms with van der Waals surface area (Å²) in [4.78, 5) is 24.1. The SMILES string of the molecule is CC[C@@H](C)C(=O)Nc1cccc(CNC(=O)Cc2c(C)noc2C)c1. The monoisotopic (exact) mass is 343 g/mol. The molecule has 25 heavy (non-hydrogen) atoms. The van der Waals surface area contributed by atoms with Crippen molar-refractivity contribution in [3.8, 4) is 0 Å². The maximum absolute atomic E-state index is 12.1. The van der Waals surface area contributed by atoms with Crippen molar-refractivity contribution in [1.29, 1.82) is 0 Å². The lowest BCUT2D eigenvalue weighted by atomic mass is 10.1. The molecule has 6 heteroatoms. The van der Waals surface area contributed by atoms with E-state index in [9.17, 15) is 9.59 Å². The van der Waals surface area contributed by atoms with Crippen LogP contribution in [-0.2, 0) is 22.6 Å². The van der Waals surface area contributed by atoms with Gasteiger partial charge in [0, 0.05) is 23.7 Å². The fourth-order valence-corrected chi connectivity index (χ4v) is 2.39. The Hall–Kier alpha value is -2.63. The minimum atomic E-state index is -0.0940. The first-order chi connectivity index (χ1) is 11.9. The highest BCUT2D eigenvalue weighted by atomic mass is 16.5. The highest BCUT2D eigenvalue weighted by Crippen LogP contribution is 2.14. The molecule has 1 aromatic carbocycles. The number of carbonyl (C=O) groups excluding carboxylic acids is 2. The lowest BCUT2D eigenvalue weighted by molar-refractivity contribution is -0.121. The summed E-state index contributed by atoms with van der Waals surface area (Å²) < 4.78 is 5.07. The van der Waals surface area contributed by atoms with Crippen molar-refractivity contribution in [3.05, 3.63) is 46.8 Å². The first-order valence-electron chi connectivity index (χ1n) is 8.49. The van der Waals surface area contributed by atoms with Gasteiger partial charge in [0.25, 0.3) is 0 Å². The van der Waals surface area contributed by atoms with Crippen molar-refractivity contribution in [2.45, 2.75) is 47.1 Å². The van der Waals surface area contributed by atoms with Gasteiger partial charge in [-0.3, -0.25) is 9.59 Å². The van der Waals surface area contributed by atoms with Crippen LogP contribution in [0.15, 0.2) is 28.8 Å². The van der Waals surface area contributed by atoms with Crippen LogP contribution in [0, 0.1) is 19.8 Å². The molecule has 0 saturated heterocycles. The Morgan fingerprint density at radius 1 is 1.28 bits per heavy atom. The third kappa shape index (κ3) is 5.17. The summed E-state index contributed by atoms with van der Waals surface area (Å²) in [6, 6.07) is 7.49. The molecular formula is C19H25N3O3. The molecule has 0 saturated carbocycles. The highest BCUT2D eigenvalue weighted by Gasteiger charge is 2.13. The van der Waals surface area contributed by atoms with Crippen LogP contribution in [0.1, 0.15) is 42.8 Å². The third-order valence-corrected chi connectivity index (χ3v) is 4.26. The maximum atomic E-state index is 12.1. The van der Waals surface area contributed by atoms with Gasteiger partial charge in [0.15, 0.2) is 0 Å². The van der Waals surface area contributed by atoms with E-state index in [-0.39, 0.29) is 24.2 Å². The van der Waals surface area contributed by atoms with Gasteiger partial charge in [0.05, 0.1) is 12.1 Å². The Labute approximate surface area is 148 Å². The fourth-order valence-electron chi connectivity index (χ4n) is 2.39. The van der Waals surface area contributed by atoms with Gasteiger partial charge in [-0.15, -0.1) is 0 Å². The van der Waals surface area contributed by atoms with Gasteiger partial charge < -0.3 is 15.2 Å². The molecule has 2 amide bonds. The van der Waals surface area contributed by atoms with E-state index in [1.54, 1.807) is 6.92 Å². The number of nitrogens with one attached hydrogen (secondary N) is 2. The summed E-state index contributed by atoms with van der Waals surface area (Å²) in [5.41, 5.74) is 3.23. The minimum absolute atomic E-state index is 0.00194. The number of hydrogen-bond acceptors (Lipinski definition) is 4. The summed E-state index contributed by atoms with van der Waals surface area (Å²) >= 11 is 0. The quantitative estimate of drug-likeness (QED) is 0.809. The van der Waals surface area contributed by atoms with Gasteiger partial charge in [-0.05, 0) is 38.0 Å². The Bertz CT molecular complexity index is 733. The van der Waals surface area contributed by atoms with E-state index in [4.69, 9.17) is 4.52 Å². The van der Waals surface area contributed by atoms with E-state index in [2.05, 4.69) is 15.8 Å². The molecule has 0 aliphatic rings. The number of aryl methyl sites for hydroxylation is 2. The summed E-state index contributed by atoms with van der Waals surface area (Å²) in [5, 5.41) is 9.64. The normalized spacial score (nSPS) is 11.8. The Morgan fingerprint density at radius 2 is 2.04 bits per heavy atom. The maximum Gasteiger partial charge on any atom is 0.227 e. The van der Waals surface area contributed by atoms with Gasteiger partial charge >= 0.3 is 0 Å². The molecule has 2 rings (SSSR count). The van der Waals surface area contributed by atoms with Crippen LogP contribution >= 0.6 is 0 Å². The molecule has 2 aromatic rings. The lowest BCUT2D eigenvalue weighted by Gasteiger charge is -2.11. The second-order valence-corrected chi connectivity index (χ2v) is 6.26. The van der Waals surface area contributed by atoms with Crippen LogP contribution in [0.2, 0.25) is 0 Å². The molecule has 0 fully saturated rings. The molecule has 0 radical (unpaired) electrons. The third-order valence-electron chi connectivity index (χ3n) is 4.26. The second-order valence-electron chi connectivity index (χ2n) is 6.26. The van der Waals surface area contributed by atoms with E-state index in [1.807, 2.05) is 45.0 Å². The first-order valence-corrected chi connectivity index (χ1v) is 8.49. The van der Waals surface area contributed by atoms with Crippen LogP contribution in [0.5, 0.6) is 0 Å². The molecule has 134 valence electrons. The number of amides is 2. The van der Waals surface area contributed by atoms with Crippen LogP contribution in [0.25, 0.3) is 0 Å². The fraction of sp³-hybridized carbons (Fsp3) is 0.421. The number of carbonyl (C=O) groups is 2. The summed E-state index contributed by atoms with van der Waals surface area (Å²) in [6.07, 6.45) is 1.04. The van der Waals surface area contributed by atoms with Gasteiger partial charge in [0.1, 0.15) is 5.76 Å². The van der Waals surface area contributed by atoms with E-state index in [0.29, 0.717) is 12.3 Å². The number of nitrogens with zero attached hydrogens (tertiary/aromatic N) is 1. The average Bonchev–Trinajstić information content (AvgIpc) is 2.91. The Morgan fingerprint density at radius 3 is 2.68 bits per heavy atom. The van der Waals surface area contributed by atoms with Gasteiger partial charge in [-0.1, -0.05) is 31.1 Å². The second kappa shape index (κ2) is 8.46. The predicted molar refractivity (Wildman–Crippen MR) is 96.1 cm³/mol. The molecular weight excluding hydrogens is 318 g/mol. The van der Waals surface area contributed by atoms with Crippen LogP contribution in [0.3, 0.4) is 0 Å². The molecule has 2 N–H and O–H groups in total. The topological polar surface area (TPSA) is 84.2 Å². The largest absolute Gasteiger partial charge is 0.361 e. The Kier molecular flexibility index (Phi) is 6.33. The number of benzene rings is 1. The highest BCUT2D eigenvalue weighted by molar-refractivity contribution is 5.92. The zero-order valence-electron chi connectivity index (χ0n) is 15.2. The van der Waals surface area contributed by atoms with Crippen LogP contribution in [-0.4, -0.2) is 17.0 Å². The smallest absolute Gasteiger partial charge is 0.227 e. The van der Waals surface area contributed by atoms with E-state index >= 15 is 0 Å². The first kappa shape index (κ1) is 18.7. The van der Waals surface area contributed by atoms with Crippen molar-refractivity contribution >= 4 is 17.5 Å². The van der Waals surface area contributed by atoms with Gasteiger partial charge in [-0.25, -0.2) is 0 Å². The number of anilines is 1. The van der Waals surface area contributed by atoms with Crippen molar-refractivity contribution in [1.82, 2.24) is 10.5 Å². The summed E-state index contributed by atoms with van der Waals surface area (Å²) in [7, 11) is 0. The summed E-state index contributed by atoms with van der Waals surface area (Å²) in [6.45, 7) is 7.90. The molecule has 6 nitrogen and oxygen atoms in total. The summed E-state index contributed by atoms with van der Waals surface area (Å²) in [5.74, 6) is 0.548. The van der Waals surface area contributed by atoms with Crippen LogP contribution < -0.4 is 10.6 Å². The van der Waals surface area contributed by atoms with Crippen LogP contribution in [0.4, 0.5) is 5.69 Å². The minimum Gasteiger partial charge on any atom is -0.361 e. The molecule has 0 aliphatic heterocycles. The molecule has 1 aromatic heterocycles. The van der Waals surface area contributed by atoms with Crippen molar-refractivity contribution in [2.24, 2.45) is 5.92 Å². The molecule has 0 unspecified atom stereocenters. The van der Waals surface area contributed by atoms with Gasteiger partial charge in [-0.2, -0.15) is 0 Å². The van der Waals surface area contributed by atoms with E-state index in [1.165, 1.54) is 0 Å². The zero-order valence-corrected chi connectivity index (χ0v) is 15.2. The number of hydrogen-bond donors (Lipinski definition) is 2. The van der Waals surface area contributed by atoms with Crippen molar-refractivity contribution in [3.63, 3.8) is 0 Å². The lowest BCUT2D eigenvalue weighted by Crippen LogP contribution is -2.25. The van der Waals surface area contributed by atoms with Crippen molar-refractivity contribution < 1.29 is 14.1 Å². The van der Waals surface area contributed by atoms with Gasteiger partial charge in [0.2, 0.25) is 11.8 Å². The molecule has 0 spiro atoms. The number of rotatable bonds is 7. The molecule has 0 aliphatic carbocycles.